The van der Waals surface area contributed by atoms with Gasteiger partial charge in [0.1, 0.15) is 5.84 Å². The highest BCUT2D eigenvalue weighted by molar-refractivity contribution is 7.89. The second-order valence-electron chi connectivity index (χ2n) is 7.03. The second-order valence-corrected chi connectivity index (χ2v) is 8.56. The monoisotopic (exact) mass is 437 g/mol. The van der Waals surface area contributed by atoms with Gasteiger partial charge in [0.05, 0.1) is 10.9 Å². The number of hydrogen-bond donors (Lipinski definition) is 5. The Kier molecular flexibility index (Phi) is 6.50. The van der Waals surface area contributed by atoms with Gasteiger partial charge in [-0.25, -0.2) is 13.6 Å². The molecule has 3 rings (SSSR count). The van der Waals surface area contributed by atoms with Crippen LogP contribution in [0.1, 0.15) is 11.1 Å². The SMILES string of the molecule is N=C(N)c1cccc(CC(N)C(=O)Nc2ccc(-c3ccccc3S(N)(=O)=O)cc2)c1. The van der Waals surface area contributed by atoms with Crippen LogP contribution in [0, 0.1) is 5.41 Å². The first-order valence-electron chi connectivity index (χ1n) is 9.37. The summed E-state index contributed by atoms with van der Waals surface area (Å²) in [5.41, 5.74) is 14.5. The second kappa shape index (κ2) is 9.09. The van der Waals surface area contributed by atoms with E-state index in [0.717, 1.165) is 5.56 Å². The zero-order valence-electron chi connectivity index (χ0n) is 16.6. The van der Waals surface area contributed by atoms with Crippen LogP contribution in [0.5, 0.6) is 0 Å². The first kappa shape index (κ1) is 22.2. The van der Waals surface area contributed by atoms with Crippen molar-refractivity contribution in [1.29, 1.82) is 5.41 Å². The average Bonchev–Trinajstić information content (AvgIpc) is 2.74. The van der Waals surface area contributed by atoms with Crippen molar-refractivity contribution in [2.24, 2.45) is 16.6 Å². The molecule has 1 atom stereocenters. The average molecular weight is 438 g/mol. The molecule has 1 unspecified atom stereocenters. The maximum Gasteiger partial charge on any atom is 0.241 e. The third kappa shape index (κ3) is 5.54. The van der Waals surface area contributed by atoms with Crippen molar-refractivity contribution in [3.63, 3.8) is 0 Å². The quantitative estimate of drug-likeness (QED) is 0.280. The molecule has 8 nitrogen and oxygen atoms in total. The number of nitrogens with one attached hydrogen (secondary N) is 2. The molecule has 160 valence electrons. The van der Waals surface area contributed by atoms with Gasteiger partial charge in [0.15, 0.2) is 0 Å². The topological polar surface area (TPSA) is 165 Å². The van der Waals surface area contributed by atoms with Crippen LogP contribution in [0.3, 0.4) is 0 Å². The number of benzene rings is 3. The molecular formula is C22H23N5O3S. The number of rotatable bonds is 7. The number of carbonyl (C=O) groups excluding carboxylic acids is 1. The first-order chi connectivity index (χ1) is 14.6. The fraction of sp³-hybridized carbons (Fsp3) is 0.0909. The van der Waals surface area contributed by atoms with Crippen LogP contribution < -0.4 is 21.9 Å². The Balaban J connectivity index is 1.71. The largest absolute Gasteiger partial charge is 0.384 e. The van der Waals surface area contributed by atoms with Crippen molar-refractivity contribution in [2.45, 2.75) is 17.4 Å². The van der Waals surface area contributed by atoms with E-state index in [-0.39, 0.29) is 23.1 Å². The highest BCUT2D eigenvalue weighted by atomic mass is 32.2. The van der Waals surface area contributed by atoms with E-state index < -0.39 is 16.1 Å². The zero-order chi connectivity index (χ0) is 22.6. The number of anilines is 1. The summed E-state index contributed by atoms with van der Waals surface area (Å²) >= 11 is 0. The number of amides is 1. The number of nitrogens with two attached hydrogens (primary N) is 3. The van der Waals surface area contributed by atoms with E-state index in [9.17, 15) is 13.2 Å². The lowest BCUT2D eigenvalue weighted by molar-refractivity contribution is -0.117. The molecule has 1 amide bonds. The van der Waals surface area contributed by atoms with E-state index in [1.807, 2.05) is 6.07 Å². The summed E-state index contributed by atoms with van der Waals surface area (Å²) in [4.78, 5) is 12.5. The molecule has 9 heteroatoms. The van der Waals surface area contributed by atoms with Crippen molar-refractivity contribution in [1.82, 2.24) is 0 Å². The van der Waals surface area contributed by atoms with Crippen molar-refractivity contribution >= 4 is 27.5 Å². The van der Waals surface area contributed by atoms with E-state index in [4.69, 9.17) is 22.0 Å². The Hall–Kier alpha value is -3.53. The maximum atomic E-state index is 12.5. The van der Waals surface area contributed by atoms with Crippen LogP contribution in [0.2, 0.25) is 0 Å². The van der Waals surface area contributed by atoms with Gasteiger partial charge in [-0.2, -0.15) is 0 Å². The van der Waals surface area contributed by atoms with Gasteiger partial charge in [-0.05, 0) is 41.8 Å². The molecule has 0 heterocycles. The lowest BCUT2D eigenvalue weighted by Gasteiger charge is -2.14. The molecular weight excluding hydrogens is 414 g/mol. The van der Waals surface area contributed by atoms with Gasteiger partial charge in [0.25, 0.3) is 0 Å². The van der Waals surface area contributed by atoms with Crippen molar-refractivity contribution in [3.05, 3.63) is 83.9 Å². The summed E-state index contributed by atoms with van der Waals surface area (Å²) in [5.74, 6) is -0.421. The summed E-state index contributed by atoms with van der Waals surface area (Å²) in [6, 6.07) is 19.4. The first-order valence-corrected chi connectivity index (χ1v) is 10.9. The minimum Gasteiger partial charge on any atom is -0.384 e. The lowest BCUT2D eigenvalue weighted by atomic mass is 10.0. The standard InChI is InChI=1S/C22H23N5O3S/c23-19(13-14-4-3-5-16(12-14)21(24)25)22(28)27-17-10-8-15(9-11-17)18-6-1-2-7-20(18)31(26,29)30/h1-12,19H,13,23H2,(H3,24,25)(H,27,28)(H2,26,29,30). The van der Waals surface area contributed by atoms with Gasteiger partial charge in [0.2, 0.25) is 15.9 Å². The molecule has 31 heavy (non-hydrogen) atoms. The van der Waals surface area contributed by atoms with Crippen LogP contribution in [0.4, 0.5) is 5.69 Å². The van der Waals surface area contributed by atoms with Gasteiger partial charge in [-0.1, -0.05) is 48.5 Å². The predicted molar refractivity (Wildman–Crippen MR) is 121 cm³/mol. The Morgan fingerprint density at radius 2 is 1.68 bits per heavy atom. The third-order valence-electron chi connectivity index (χ3n) is 4.69. The summed E-state index contributed by atoms with van der Waals surface area (Å²) in [7, 11) is -3.87. The van der Waals surface area contributed by atoms with Gasteiger partial charge in [-0.15, -0.1) is 0 Å². The Morgan fingerprint density at radius 1 is 1.00 bits per heavy atom. The predicted octanol–water partition coefficient (Wildman–Crippen LogP) is 1.79. The zero-order valence-corrected chi connectivity index (χ0v) is 17.4. The van der Waals surface area contributed by atoms with Crippen molar-refractivity contribution < 1.29 is 13.2 Å². The molecule has 0 fully saturated rings. The van der Waals surface area contributed by atoms with Gasteiger partial charge in [0, 0.05) is 16.8 Å². The van der Waals surface area contributed by atoms with Crippen LogP contribution in [0.25, 0.3) is 11.1 Å². The van der Waals surface area contributed by atoms with Crippen LogP contribution in [-0.2, 0) is 21.2 Å². The van der Waals surface area contributed by atoms with E-state index in [2.05, 4.69) is 5.32 Å². The summed E-state index contributed by atoms with van der Waals surface area (Å²) in [5, 5.41) is 15.5. The smallest absolute Gasteiger partial charge is 0.241 e. The number of amidine groups is 1. The minimum absolute atomic E-state index is 0.0293. The van der Waals surface area contributed by atoms with E-state index in [1.165, 1.54) is 6.07 Å². The molecule has 0 aromatic heterocycles. The molecule has 0 radical (unpaired) electrons. The van der Waals surface area contributed by atoms with Crippen molar-refractivity contribution in [3.8, 4) is 11.1 Å². The highest BCUT2D eigenvalue weighted by Gasteiger charge is 2.16. The van der Waals surface area contributed by atoms with E-state index in [0.29, 0.717) is 22.4 Å². The Bertz CT molecular complexity index is 1220. The number of primary sulfonamides is 1. The molecule has 0 spiro atoms. The summed E-state index contributed by atoms with van der Waals surface area (Å²) < 4.78 is 23.6. The Labute approximate surface area is 180 Å². The maximum absolute atomic E-state index is 12.5. The highest BCUT2D eigenvalue weighted by Crippen LogP contribution is 2.27. The third-order valence-corrected chi connectivity index (χ3v) is 5.66. The molecule has 0 saturated heterocycles. The van der Waals surface area contributed by atoms with Gasteiger partial charge >= 0.3 is 0 Å². The Morgan fingerprint density at radius 3 is 2.32 bits per heavy atom. The molecule has 0 bridgehead atoms. The normalized spacial score (nSPS) is 12.2. The fourth-order valence-electron chi connectivity index (χ4n) is 3.13. The van der Waals surface area contributed by atoms with E-state index >= 15 is 0 Å². The van der Waals surface area contributed by atoms with E-state index in [1.54, 1.807) is 60.7 Å². The molecule has 0 aliphatic heterocycles. The number of nitrogen functional groups attached to an aromatic ring is 1. The van der Waals surface area contributed by atoms with Crippen LogP contribution in [0.15, 0.2) is 77.7 Å². The summed E-state index contributed by atoms with van der Waals surface area (Å²) in [6.07, 6.45) is 0.284. The molecule has 0 saturated carbocycles. The molecule has 8 N–H and O–H groups in total. The number of hydrogen-bond acceptors (Lipinski definition) is 5. The number of sulfonamides is 1. The van der Waals surface area contributed by atoms with Gasteiger partial charge < -0.3 is 16.8 Å². The summed E-state index contributed by atoms with van der Waals surface area (Å²) in [6.45, 7) is 0. The molecule has 0 aliphatic carbocycles. The van der Waals surface area contributed by atoms with Crippen molar-refractivity contribution in [2.75, 3.05) is 5.32 Å². The minimum atomic E-state index is -3.87. The fourth-order valence-corrected chi connectivity index (χ4v) is 3.89. The number of carbonyl (C=O) groups is 1. The van der Waals surface area contributed by atoms with Crippen LogP contribution >= 0.6 is 0 Å². The lowest BCUT2D eigenvalue weighted by Crippen LogP contribution is -2.37. The molecule has 3 aromatic rings. The molecule has 3 aromatic carbocycles. The van der Waals surface area contributed by atoms with Crippen LogP contribution in [-0.4, -0.2) is 26.2 Å². The molecule has 0 aliphatic rings. The van der Waals surface area contributed by atoms with Gasteiger partial charge in [-0.3, -0.25) is 10.2 Å².